The summed E-state index contributed by atoms with van der Waals surface area (Å²) in [5, 5.41) is 15.0. The lowest BCUT2D eigenvalue weighted by Crippen LogP contribution is -2.35. The first-order valence-corrected chi connectivity index (χ1v) is 10.1. The Labute approximate surface area is 181 Å². The number of piperidine rings is 1. The number of nitrogens with zero attached hydrogens (tertiary/aromatic N) is 3. The molecule has 2 unspecified atom stereocenters. The van der Waals surface area contributed by atoms with Crippen molar-refractivity contribution in [1.82, 2.24) is 15.5 Å². The van der Waals surface area contributed by atoms with Gasteiger partial charge >= 0.3 is 12.1 Å². The normalized spacial score (nSPS) is 21.2. The van der Waals surface area contributed by atoms with Crippen LogP contribution in [0.1, 0.15) is 16.2 Å². The highest BCUT2D eigenvalue weighted by Crippen LogP contribution is 2.46. The van der Waals surface area contributed by atoms with E-state index in [1.165, 1.54) is 18.2 Å². The van der Waals surface area contributed by atoms with Gasteiger partial charge in [-0.1, -0.05) is 17.3 Å². The summed E-state index contributed by atoms with van der Waals surface area (Å²) in [7, 11) is 0. The summed E-state index contributed by atoms with van der Waals surface area (Å²) in [5.41, 5.74) is 1.59. The SMILES string of the molecule is O=C(NC1C2CN(c3ccc(-c4ccc(F)cc4)cn3)CC21)OCc1cc(C(=O)O)no1. The molecule has 1 aliphatic carbocycles. The van der Waals surface area contributed by atoms with E-state index in [2.05, 4.69) is 20.4 Å². The number of alkyl carbamates (subject to hydrolysis) is 1. The van der Waals surface area contributed by atoms with E-state index in [0.29, 0.717) is 11.8 Å². The highest BCUT2D eigenvalue weighted by Gasteiger charge is 2.57. The summed E-state index contributed by atoms with van der Waals surface area (Å²) >= 11 is 0. The Morgan fingerprint density at radius 2 is 1.88 bits per heavy atom. The number of amides is 1. The molecular formula is C22H19FN4O5. The van der Waals surface area contributed by atoms with Crippen LogP contribution < -0.4 is 10.2 Å². The molecule has 2 aromatic heterocycles. The van der Waals surface area contributed by atoms with Gasteiger partial charge in [-0.15, -0.1) is 0 Å². The number of nitrogens with one attached hydrogen (secondary N) is 1. The fourth-order valence-electron chi connectivity index (χ4n) is 4.11. The van der Waals surface area contributed by atoms with Gasteiger partial charge in [0.05, 0.1) is 0 Å². The average molecular weight is 438 g/mol. The number of hydrogen-bond acceptors (Lipinski definition) is 7. The minimum absolute atomic E-state index is 0.0431. The molecule has 0 spiro atoms. The molecule has 2 fully saturated rings. The third-order valence-corrected chi connectivity index (χ3v) is 5.85. The molecule has 5 rings (SSSR count). The van der Waals surface area contributed by atoms with Crippen molar-refractivity contribution >= 4 is 17.9 Å². The van der Waals surface area contributed by atoms with Crippen molar-refractivity contribution in [1.29, 1.82) is 0 Å². The van der Waals surface area contributed by atoms with Crippen molar-refractivity contribution in [3.63, 3.8) is 0 Å². The average Bonchev–Trinajstić information content (AvgIpc) is 3.19. The number of aromatic carboxylic acids is 1. The van der Waals surface area contributed by atoms with E-state index in [0.717, 1.165) is 30.0 Å². The maximum Gasteiger partial charge on any atom is 0.407 e. The second-order valence-corrected chi connectivity index (χ2v) is 7.87. The molecule has 1 saturated heterocycles. The van der Waals surface area contributed by atoms with Crippen LogP contribution >= 0.6 is 0 Å². The topological polar surface area (TPSA) is 118 Å². The summed E-state index contributed by atoms with van der Waals surface area (Å²) in [4.78, 5) is 29.5. The van der Waals surface area contributed by atoms with E-state index in [9.17, 15) is 14.0 Å². The largest absolute Gasteiger partial charge is 0.476 e. The zero-order valence-corrected chi connectivity index (χ0v) is 16.8. The van der Waals surface area contributed by atoms with Crippen LogP contribution in [0.5, 0.6) is 0 Å². The molecule has 1 saturated carbocycles. The van der Waals surface area contributed by atoms with E-state index in [4.69, 9.17) is 14.4 Å². The molecule has 164 valence electrons. The second-order valence-electron chi connectivity index (χ2n) is 7.87. The van der Waals surface area contributed by atoms with Crippen LogP contribution in [0.3, 0.4) is 0 Å². The summed E-state index contributed by atoms with van der Waals surface area (Å²) in [6.07, 6.45) is 1.20. The molecule has 9 nitrogen and oxygen atoms in total. The number of anilines is 1. The molecule has 0 radical (unpaired) electrons. The lowest BCUT2D eigenvalue weighted by Gasteiger charge is -2.21. The predicted molar refractivity (Wildman–Crippen MR) is 109 cm³/mol. The molecule has 2 N–H and O–H groups in total. The first-order chi connectivity index (χ1) is 15.5. The Hall–Kier alpha value is -3.95. The summed E-state index contributed by atoms with van der Waals surface area (Å²) < 4.78 is 23.0. The van der Waals surface area contributed by atoms with E-state index < -0.39 is 12.1 Å². The predicted octanol–water partition coefficient (Wildman–Crippen LogP) is 2.93. The number of fused-ring (bicyclic) bond motifs is 1. The number of ether oxygens (including phenoxy) is 1. The Bertz CT molecular complexity index is 1140. The number of halogens is 1. The van der Waals surface area contributed by atoms with Crippen LogP contribution in [0.2, 0.25) is 0 Å². The molecule has 1 amide bonds. The number of aromatic nitrogens is 2. The Morgan fingerprint density at radius 1 is 1.16 bits per heavy atom. The van der Waals surface area contributed by atoms with Crippen molar-refractivity contribution in [2.45, 2.75) is 12.6 Å². The van der Waals surface area contributed by atoms with Gasteiger partial charge in [-0.2, -0.15) is 0 Å². The van der Waals surface area contributed by atoms with Crippen molar-refractivity contribution in [3.05, 3.63) is 65.9 Å². The Balaban J connectivity index is 1.09. The van der Waals surface area contributed by atoms with E-state index >= 15 is 0 Å². The fraction of sp³-hybridized carbons (Fsp3) is 0.273. The lowest BCUT2D eigenvalue weighted by molar-refractivity contribution is 0.0684. The standard InChI is InChI=1S/C22H19FN4O5/c23-14-4-1-12(2-5-14)13-3-6-19(24-8-13)27-9-16-17(10-27)20(16)25-22(30)31-11-15-7-18(21(28)29)26-32-15/h1-8,16-17,20H,9-11H2,(H,25,30)(H,28,29). The van der Waals surface area contributed by atoms with Crippen LogP contribution in [0, 0.1) is 17.7 Å². The van der Waals surface area contributed by atoms with Gasteiger partial charge in [-0.3, -0.25) is 0 Å². The van der Waals surface area contributed by atoms with Gasteiger partial charge in [0.25, 0.3) is 0 Å². The monoisotopic (exact) mass is 438 g/mol. The molecule has 3 heterocycles. The van der Waals surface area contributed by atoms with Crippen LogP contribution in [-0.2, 0) is 11.3 Å². The first-order valence-electron chi connectivity index (χ1n) is 10.1. The van der Waals surface area contributed by atoms with Gasteiger partial charge in [0.15, 0.2) is 18.1 Å². The molecule has 32 heavy (non-hydrogen) atoms. The highest BCUT2D eigenvalue weighted by molar-refractivity contribution is 5.85. The minimum atomic E-state index is -1.21. The van der Waals surface area contributed by atoms with Crippen LogP contribution in [0.4, 0.5) is 15.0 Å². The minimum Gasteiger partial charge on any atom is -0.476 e. The number of rotatable bonds is 6. The van der Waals surface area contributed by atoms with Gasteiger partial charge in [0.2, 0.25) is 0 Å². The lowest BCUT2D eigenvalue weighted by atomic mass is 10.1. The number of carboxylic acids is 1. The Morgan fingerprint density at radius 3 is 2.50 bits per heavy atom. The molecule has 1 aromatic carbocycles. The van der Waals surface area contributed by atoms with Gasteiger partial charge in [0, 0.05) is 48.8 Å². The smallest absolute Gasteiger partial charge is 0.407 e. The third kappa shape index (κ3) is 3.98. The molecule has 1 aliphatic heterocycles. The molecule has 0 bridgehead atoms. The summed E-state index contributed by atoms with van der Waals surface area (Å²) in [5.74, 6) is 0.195. The van der Waals surface area contributed by atoms with Crippen LogP contribution in [0.25, 0.3) is 11.1 Å². The van der Waals surface area contributed by atoms with Crippen LogP contribution in [-0.4, -0.2) is 46.4 Å². The van der Waals surface area contributed by atoms with Gasteiger partial charge in [-0.05, 0) is 29.8 Å². The van der Waals surface area contributed by atoms with Crippen molar-refractivity contribution in [2.75, 3.05) is 18.0 Å². The number of carboxylic acid groups (broad SMARTS) is 1. The number of hydrogen-bond donors (Lipinski definition) is 2. The zero-order chi connectivity index (χ0) is 22.2. The van der Waals surface area contributed by atoms with Crippen molar-refractivity contribution in [3.8, 4) is 11.1 Å². The van der Waals surface area contributed by atoms with Crippen molar-refractivity contribution < 1.29 is 28.3 Å². The number of pyridine rings is 1. The fourth-order valence-corrected chi connectivity index (χ4v) is 4.11. The molecule has 2 aliphatic rings. The molecular weight excluding hydrogens is 419 g/mol. The van der Waals surface area contributed by atoms with E-state index in [-0.39, 0.29) is 29.9 Å². The third-order valence-electron chi connectivity index (χ3n) is 5.85. The number of carbonyl (C=O) groups excluding carboxylic acids is 1. The van der Waals surface area contributed by atoms with Gasteiger partial charge in [-0.25, -0.2) is 19.0 Å². The maximum atomic E-state index is 13.1. The number of carbonyl (C=O) groups is 2. The maximum absolute atomic E-state index is 13.1. The zero-order valence-electron chi connectivity index (χ0n) is 16.8. The molecule has 10 heteroatoms. The van der Waals surface area contributed by atoms with Crippen LogP contribution in [0.15, 0.2) is 53.2 Å². The van der Waals surface area contributed by atoms with Gasteiger partial charge in [0.1, 0.15) is 11.6 Å². The summed E-state index contributed by atoms with van der Waals surface area (Å²) in [6.45, 7) is 1.37. The highest BCUT2D eigenvalue weighted by atomic mass is 19.1. The van der Waals surface area contributed by atoms with E-state index in [1.54, 1.807) is 18.3 Å². The molecule has 3 aromatic rings. The molecule has 2 atom stereocenters. The summed E-state index contributed by atoms with van der Waals surface area (Å²) in [6, 6.07) is 11.5. The number of benzene rings is 1. The van der Waals surface area contributed by atoms with Crippen molar-refractivity contribution in [2.24, 2.45) is 11.8 Å². The second kappa shape index (κ2) is 7.95. The quantitative estimate of drug-likeness (QED) is 0.603. The first kappa shape index (κ1) is 20.0. The Kier molecular flexibility index (Phi) is 4.96. The van der Waals surface area contributed by atoms with E-state index in [1.807, 2.05) is 12.1 Å². The van der Waals surface area contributed by atoms with Gasteiger partial charge < -0.3 is 24.6 Å².